The fourth-order valence-corrected chi connectivity index (χ4v) is 12.6. The second kappa shape index (κ2) is 68.3. The molecule has 0 aromatic carbocycles. The molecule has 6 N–H and O–H groups in total. The van der Waals surface area contributed by atoms with Crippen molar-refractivity contribution < 1.29 is 49.3 Å². The fraction of sp³-hybridized carbons (Fsp3) is 0.899. The predicted molar refractivity (Wildman–Crippen MR) is 380 cm³/mol. The zero-order valence-corrected chi connectivity index (χ0v) is 59.1. The third-order valence-corrected chi connectivity index (χ3v) is 18.7. The smallest absolute Gasteiger partial charge is 0.305 e. The van der Waals surface area contributed by atoms with E-state index in [1.807, 2.05) is 6.08 Å². The number of carbonyl (C=O) groups is 2. The number of unbranched alkanes of at least 4 members (excludes halogenated alkanes) is 52. The number of aliphatic hydroxyl groups is 5. The van der Waals surface area contributed by atoms with Crippen molar-refractivity contribution in [2.24, 2.45) is 0 Å². The number of esters is 1. The van der Waals surface area contributed by atoms with Gasteiger partial charge < -0.3 is 45.1 Å². The van der Waals surface area contributed by atoms with Crippen LogP contribution in [0, 0.1) is 0 Å². The maximum Gasteiger partial charge on any atom is 0.305 e. The van der Waals surface area contributed by atoms with E-state index in [4.69, 9.17) is 14.2 Å². The van der Waals surface area contributed by atoms with Gasteiger partial charge in [0.2, 0.25) is 5.91 Å². The minimum atomic E-state index is -1.57. The molecule has 1 aliphatic rings. The Hall–Kier alpha value is -2.12. The summed E-state index contributed by atoms with van der Waals surface area (Å²) in [7, 11) is 0. The van der Waals surface area contributed by atoms with Gasteiger partial charge in [-0.25, -0.2) is 0 Å². The quantitative estimate of drug-likeness (QED) is 0.0195. The first-order valence-electron chi connectivity index (χ1n) is 39.3. The van der Waals surface area contributed by atoms with Crippen LogP contribution in [0.25, 0.3) is 0 Å². The molecule has 7 atom stereocenters. The van der Waals surface area contributed by atoms with Crippen molar-refractivity contribution >= 4 is 11.9 Å². The van der Waals surface area contributed by atoms with Crippen LogP contribution in [-0.2, 0) is 23.8 Å². The van der Waals surface area contributed by atoms with Gasteiger partial charge >= 0.3 is 5.97 Å². The van der Waals surface area contributed by atoms with Gasteiger partial charge in [-0.15, -0.1) is 0 Å². The molecule has 90 heavy (non-hydrogen) atoms. The van der Waals surface area contributed by atoms with Gasteiger partial charge in [0.25, 0.3) is 0 Å². The molecule has 530 valence electrons. The molecule has 0 spiro atoms. The van der Waals surface area contributed by atoms with E-state index in [9.17, 15) is 35.1 Å². The standard InChI is InChI=1S/C79H149NO10/c1-3-5-7-9-11-13-14-15-16-17-38-41-44-47-51-55-59-63-67-75(84)88-68-64-60-56-52-48-45-42-39-36-34-32-30-28-26-24-22-20-18-19-21-23-25-27-29-31-33-35-37-40-43-46-50-54-58-62-66-74(83)80-71(72(82)65-61-57-53-49-12-10-8-6-4-2)70-89-79-78(87)77(86)76(85)73(69-81)90-79/h13-14,16-17,61,65,71-73,76-79,81-82,85-87H,3-12,15,18-60,62-64,66-70H2,1-2H3,(H,80,83)/b14-13-,17-16-,65-61+. The van der Waals surface area contributed by atoms with Gasteiger partial charge in [0, 0.05) is 12.8 Å². The van der Waals surface area contributed by atoms with Gasteiger partial charge in [0.05, 0.1) is 32.0 Å². The van der Waals surface area contributed by atoms with Gasteiger partial charge in [0.1, 0.15) is 24.4 Å². The minimum Gasteiger partial charge on any atom is -0.466 e. The molecule has 0 aromatic rings. The first-order valence-corrected chi connectivity index (χ1v) is 39.3. The van der Waals surface area contributed by atoms with Crippen molar-refractivity contribution in [1.82, 2.24) is 5.32 Å². The highest BCUT2D eigenvalue weighted by Crippen LogP contribution is 2.24. The van der Waals surface area contributed by atoms with Crippen LogP contribution in [0.15, 0.2) is 36.5 Å². The Kier molecular flexibility index (Phi) is 65.2. The van der Waals surface area contributed by atoms with Crippen molar-refractivity contribution in [2.45, 2.75) is 436 Å². The molecule has 1 fully saturated rings. The van der Waals surface area contributed by atoms with Crippen LogP contribution in [0.5, 0.6) is 0 Å². The lowest BCUT2D eigenvalue weighted by molar-refractivity contribution is -0.302. The molecule has 0 aliphatic carbocycles. The summed E-state index contributed by atoms with van der Waals surface area (Å²) < 4.78 is 16.7. The van der Waals surface area contributed by atoms with Crippen LogP contribution in [0.3, 0.4) is 0 Å². The molecule has 11 nitrogen and oxygen atoms in total. The van der Waals surface area contributed by atoms with Crippen molar-refractivity contribution in [1.29, 1.82) is 0 Å². The van der Waals surface area contributed by atoms with Crippen LogP contribution in [0.2, 0.25) is 0 Å². The molecule has 1 saturated heterocycles. The van der Waals surface area contributed by atoms with E-state index >= 15 is 0 Å². The molecule has 0 radical (unpaired) electrons. The van der Waals surface area contributed by atoms with E-state index in [0.29, 0.717) is 19.4 Å². The third kappa shape index (κ3) is 56.2. The Balaban J connectivity index is 1.84. The number of ether oxygens (including phenoxy) is 3. The van der Waals surface area contributed by atoms with Gasteiger partial charge in [-0.1, -0.05) is 352 Å². The molecule has 0 aromatic heterocycles. The van der Waals surface area contributed by atoms with Crippen LogP contribution in [0.1, 0.15) is 393 Å². The van der Waals surface area contributed by atoms with Crippen LogP contribution >= 0.6 is 0 Å². The van der Waals surface area contributed by atoms with E-state index in [1.54, 1.807) is 6.08 Å². The van der Waals surface area contributed by atoms with E-state index < -0.39 is 49.5 Å². The lowest BCUT2D eigenvalue weighted by atomic mass is 9.99. The first-order chi connectivity index (χ1) is 44.2. The van der Waals surface area contributed by atoms with Crippen LogP contribution < -0.4 is 5.32 Å². The van der Waals surface area contributed by atoms with Crippen LogP contribution in [-0.4, -0.2) is 100 Å². The lowest BCUT2D eigenvalue weighted by Crippen LogP contribution is -2.60. The molecular weight excluding hydrogens is 1120 g/mol. The summed E-state index contributed by atoms with van der Waals surface area (Å²) in [5.74, 6) is -0.168. The van der Waals surface area contributed by atoms with Gasteiger partial charge in [-0.05, 0) is 64.2 Å². The summed E-state index contributed by atoms with van der Waals surface area (Å²) in [5, 5.41) is 54.3. The Bertz CT molecular complexity index is 1590. The molecule has 1 amide bonds. The molecule has 1 heterocycles. The van der Waals surface area contributed by atoms with Crippen LogP contribution in [0.4, 0.5) is 0 Å². The molecule has 7 unspecified atom stereocenters. The monoisotopic (exact) mass is 1270 g/mol. The Morgan fingerprint density at radius 2 is 0.744 bits per heavy atom. The van der Waals surface area contributed by atoms with Crippen molar-refractivity contribution in [3.05, 3.63) is 36.5 Å². The maximum absolute atomic E-state index is 13.0. The number of hydrogen-bond donors (Lipinski definition) is 6. The Labute approximate surface area is 555 Å². The number of rotatable bonds is 70. The summed E-state index contributed by atoms with van der Waals surface area (Å²) in [6, 6.07) is -0.804. The molecule has 0 bridgehead atoms. The van der Waals surface area contributed by atoms with Gasteiger partial charge in [-0.2, -0.15) is 0 Å². The lowest BCUT2D eigenvalue weighted by Gasteiger charge is -2.40. The van der Waals surface area contributed by atoms with E-state index in [0.717, 1.165) is 64.2 Å². The Morgan fingerprint density at radius 3 is 1.13 bits per heavy atom. The van der Waals surface area contributed by atoms with Crippen molar-refractivity contribution in [3.8, 4) is 0 Å². The average molecular weight is 1270 g/mol. The fourth-order valence-electron chi connectivity index (χ4n) is 12.6. The average Bonchev–Trinajstić information content (AvgIpc) is 1.62. The number of carbonyl (C=O) groups excluding carboxylic acids is 2. The molecule has 1 aliphatic heterocycles. The summed E-state index contributed by atoms with van der Waals surface area (Å²) in [5.41, 5.74) is 0. The van der Waals surface area contributed by atoms with E-state index in [-0.39, 0.29) is 18.5 Å². The van der Waals surface area contributed by atoms with Gasteiger partial charge in [0.15, 0.2) is 6.29 Å². The number of amides is 1. The summed E-state index contributed by atoms with van der Waals surface area (Å²) in [6.45, 7) is 4.34. The maximum atomic E-state index is 13.0. The number of hydrogen-bond acceptors (Lipinski definition) is 10. The van der Waals surface area contributed by atoms with Gasteiger partial charge in [-0.3, -0.25) is 9.59 Å². The Morgan fingerprint density at radius 1 is 0.411 bits per heavy atom. The second-order valence-electron chi connectivity index (χ2n) is 27.4. The topological polar surface area (TPSA) is 175 Å². The summed E-state index contributed by atoms with van der Waals surface area (Å²) in [6.07, 6.45) is 79.1. The number of aliphatic hydroxyl groups excluding tert-OH is 5. The van der Waals surface area contributed by atoms with Crippen molar-refractivity contribution in [2.75, 3.05) is 19.8 Å². The summed E-state index contributed by atoms with van der Waals surface area (Å²) in [4.78, 5) is 25.1. The molecule has 11 heteroatoms. The van der Waals surface area contributed by atoms with E-state index in [1.165, 1.54) is 302 Å². The molecule has 1 rings (SSSR count). The first kappa shape index (κ1) is 85.9. The normalized spacial score (nSPS) is 17.8. The largest absolute Gasteiger partial charge is 0.466 e. The highest BCUT2D eigenvalue weighted by atomic mass is 16.7. The number of allylic oxidation sites excluding steroid dienone is 5. The predicted octanol–water partition coefficient (Wildman–Crippen LogP) is 20.9. The number of nitrogens with one attached hydrogen (secondary N) is 1. The van der Waals surface area contributed by atoms with E-state index in [2.05, 4.69) is 43.5 Å². The SMILES string of the molecule is CCCCCC/C=C\C/C=C\CCCCCCCCCC(=O)OCCCCCCCCCCCCCCCCCCCCCCCCCCCCCCCCCCCCCC(=O)NC(COC1OC(CO)C(O)C(O)C1O)C(O)/C=C/CCCCCCCCC. The van der Waals surface area contributed by atoms with Crippen molar-refractivity contribution in [3.63, 3.8) is 0 Å². The molecule has 0 saturated carbocycles. The summed E-state index contributed by atoms with van der Waals surface area (Å²) >= 11 is 0. The minimum absolute atomic E-state index is 0.00905. The zero-order valence-electron chi connectivity index (χ0n) is 59.1. The zero-order chi connectivity index (χ0) is 65.1. The third-order valence-electron chi connectivity index (χ3n) is 18.7. The second-order valence-corrected chi connectivity index (χ2v) is 27.4. The highest BCUT2D eigenvalue weighted by molar-refractivity contribution is 5.76. The molecular formula is C79H149NO10. The highest BCUT2D eigenvalue weighted by Gasteiger charge is 2.44.